The molecular formula is C10H15FN2O2S. The molecule has 90 valence electrons. The molecule has 1 aromatic rings. The van der Waals surface area contributed by atoms with E-state index in [1.54, 1.807) is 13.0 Å². The van der Waals surface area contributed by atoms with Gasteiger partial charge in [0.1, 0.15) is 15.7 Å². The lowest BCUT2D eigenvalue weighted by atomic mass is 10.2. The summed E-state index contributed by atoms with van der Waals surface area (Å²) in [6, 6.07) is 2.78. The van der Waals surface area contributed by atoms with Crippen LogP contribution in [0.1, 0.15) is 5.56 Å². The third-order valence-corrected chi connectivity index (χ3v) is 3.06. The average molecular weight is 246 g/mol. The highest BCUT2D eigenvalue weighted by atomic mass is 32.2. The topological polar surface area (TPSA) is 72.2 Å². The van der Waals surface area contributed by atoms with E-state index in [9.17, 15) is 12.8 Å². The van der Waals surface area contributed by atoms with E-state index in [0.29, 0.717) is 11.3 Å². The van der Waals surface area contributed by atoms with Gasteiger partial charge >= 0.3 is 0 Å². The molecule has 0 aliphatic heterocycles. The van der Waals surface area contributed by atoms with Crippen molar-refractivity contribution in [1.29, 1.82) is 0 Å². The van der Waals surface area contributed by atoms with Crippen LogP contribution in [-0.2, 0) is 9.84 Å². The molecule has 6 heteroatoms. The first-order valence-corrected chi connectivity index (χ1v) is 6.83. The van der Waals surface area contributed by atoms with Gasteiger partial charge in [-0.1, -0.05) is 0 Å². The van der Waals surface area contributed by atoms with E-state index >= 15 is 0 Å². The molecule has 16 heavy (non-hydrogen) atoms. The van der Waals surface area contributed by atoms with E-state index in [1.807, 2.05) is 0 Å². The van der Waals surface area contributed by atoms with Crippen molar-refractivity contribution in [2.75, 3.05) is 29.6 Å². The maximum atomic E-state index is 13.1. The van der Waals surface area contributed by atoms with E-state index in [4.69, 9.17) is 5.73 Å². The van der Waals surface area contributed by atoms with Crippen molar-refractivity contribution in [2.45, 2.75) is 6.92 Å². The SMILES string of the molecule is Cc1cc(NCCS(C)(=O)=O)c(N)cc1F. The molecule has 0 amide bonds. The summed E-state index contributed by atoms with van der Waals surface area (Å²) in [6.07, 6.45) is 1.16. The van der Waals surface area contributed by atoms with Crippen molar-refractivity contribution < 1.29 is 12.8 Å². The maximum Gasteiger partial charge on any atom is 0.149 e. The van der Waals surface area contributed by atoms with Gasteiger partial charge in [-0.25, -0.2) is 12.8 Å². The number of hydrogen-bond donors (Lipinski definition) is 2. The van der Waals surface area contributed by atoms with Crippen molar-refractivity contribution in [3.05, 3.63) is 23.5 Å². The zero-order valence-electron chi connectivity index (χ0n) is 9.25. The Hall–Kier alpha value is -1.30. The van der Waals surface area contributed by atoms with Gasteiger partial charge in [0.2, 0.25) is 0 Å². The first-order valence-electron chi connectivity index (χ1n) is 4.77. The van der Waals surface area contributed by atoms with Gasteiger partial charge in [-0.15, -0.1) is 0 Å². The Balaban J connectivity index is 2.71. The third-order valence-electron chi connectivity index (χ3n) is 2.12. The Labute approximate surface area is 94.6 Å². The van der Waals surface area contributed by atoms with Crippen LogP contribution in [0.2, 0.25) is 0 Å². The molecule has 1 rings (SSSR count). The Bertz CT molecular complexity index is 486. The van der Waals surface area contributed by atoms with Crippen LogP contribution in [0, 0.1) is 12.7 Å². The van der Waals surface area contributed by atoms with Gasteiger partial charge in [0.05, 0.1) is 17.1 Å². The highest BCUT2D eigenvalue weighted by Crippen LogP contribution is 2.22. The zero-order valence-corrected chi connectivity index (χ0v) is 10.1. The second-order valence-electron chi connectivity index (χ2n) is 3.75. The minimum atomic E-state index is -3.00. The van der Waals surface area contributed by atoms with Gasteiger partial charge < -0.3 is 11.1 Å². The molecule has 1 aromatic carbocycles. The van der Waals surface area contributed by atoms with E-state index in [2.05, 4.69) is 5.32 Å². The average Bonchev–Trinajstić information content (AvgIpc) is 2.11. The van der Waals surface area contributed by atoms with Gasteiger partial charge in [-0.3, -0.25) is 0 Å². The molecule has 0 radical (unpaired) electrons. The molecule has 0 aliphatic carbocycles. The number of aryl methyl sites for hydroxylation is 1. The summed E-state index contributed by atoms with van der Waals surface area (Å²) >= 11 is 0. The summed E-state index contributed by atoms with van der Waals surface area (Å²) in [4.78, 5) is 0. The molecular weight excluding hydrogens is 231 g/mol. The predicted molar refractivity (Wildman–Crippen MR) is 63.7 cm³/mol. The quantitative estimate of drug-likeness (QED) is 0.782. The molecule has 0 fully saturated rings. The van der Waals surface area contributed by atoms with Crippen molar-refractivity contribution >= 4 is 21.2 Å². The normalized spacial score (nSPS) is 11.4. The minimum absolute atomic E-state index is 0.0167. The third kappa shape index (κ3) is 3.69. The van der Waals surface area contributed by atoms with Gasteiger partial charge in [0.15, 0.2) is 0 Å². The summed E-state index contributed by atoms with van der Waals surface area (Å²) in [5.41, 5.74) is 6.89. The lowest BCUT2D eigenvalue weighted by Crippen LogP contribution is -2.15. The molecule has 0 aliphatic rings. The van der Waals surface area contributed by atoms with Crippen molar-refractivity contribution in [3.8, 4) is 0 Å². The van der Waals surface area contributed by atoms with Crippen LogP contribution in [0.15, 0.2) is 12.1 Å². The number of benzene rings is 1. The molecule has 0 spiro atoms. The Kier molecular flexibility index (Phi) is 3.74. The second-order valence-corrected chi connectivity index (χ2v) is 6.01. The molecule has 4 nitrogen and oxygen atoms in total. The lowest BCUT2D eigenvalue weighted by molar-refractivity contribution is 0.602. The molecule has 0 aromatic heterocycles. The van der Waals surface area contributed by atoms with Gasteiger partial charge in [-0.2, -0.15) is 0 Å². The Morgan fingerprint density at radius 3 is 2.62 bits per heavy atom. The largest absolute Gasteiger partial charge is 0.397 e. The highest BCUT2D eigenvalue weighted by Gasteiger charge is 2.06. The number of rotatable bonds is 4. The zero-order chi connectivity index (χ0) is 12.3. The molecule has 0 bridgehead atoms. The second kappa shape index (κ2) is 4.69. The molecule has 0 heterocycles. The van der Waals surface area contributed by atoms with Crippen LogP contribution in [0.3, 0.4) is 0 Å². The number of nitrogens with one attached hydrogen (secondary N) is 1. The number of nitrogens with two attached hydrogens (primary N) is 1. The number of halogens is 1. The fraction of sp³-hybridized carbons (Fsp3) is 0.400. The van der Waals surface area contributed by atoms with E-state index < -0.39 is 9.84 Å². The van der Waals surface area contributed by atoms with Crippen LogP contribution in [-0.4, -0.2) is 27.0 Å². The number of nitrogen functional groups attached to an aromatic ring is 1. The maximum absolute atomic E-state index is 13.1. The van der Waals surface area contributed by atoms with Gasteiger partial charge in [-0.05, 0) is 24.6 Å². The van der Waals surface area contributed by atoms with Crippen molar-refractivity contribution in [1.82, 2.24) is 0 Å². The molecule has 0 atom stereocenters. The summed E-state index contributed by atoms with van der Waals surface area (Å²) in [6.45, 7) is 1.88. The van der Waals surface area contributed by atoms with Crippen molar-refractivity contribution in [2.24, 2.45) is 0 Å². The summed E-state index contributed by atoms with van der Waals surface area (Å²) in [5.74, 6) is -0.353. The lowest BCUT2D eigenvalue weighted by Gasteiger charge is -2.10. The van der Waals surface area contributed by atoms with Crippen LogP contribution in [0.25, 0.3) is 0 Å². The minimum Gasteiger partial charge on any atom is -0.397 e. The Morgan fingerprint density at radius 2 is 2.06 bits per heavy atom. The van der Waals surface area contributed by atoms with Crippen molar-refractivity contribution in [3.63, 3.8) is 0 Å². The van der Waals surface area contributed by atoms with E-state index in [0.717, 1.165) is 6.26 Å². The fourth-order valence-corrected chi connectivity index (χ4v) is 1.69. The van der Waals surface area contributed by atoms with Gasteiger partial charge in [0, 0.05) is 12.8 Å². The van der Waals surface area contributed by atoms with Crippen LogP contribution >= 0.6 is 0 Å². The van der Waals surface area contributed by atoms with E-state index in [-0.39, 0.29) is 23.8 Å². The number of anilines is 2. The van der Waals surface area contributed by atoms with E-state index in [1.165, 1.54) is 6.07 Å². The molecule has 0 saturated heterocycles. The summed E-state index contributed by atoms with van der Waals surface area (Å²) in [7, 11) is -3.00. The monoisotopic (exact) mass is 246 g/mol. The smallest absolute Gasteiger partial charge is 0.149 e. The highest BCUT2D eigenvalue weighted by molar-refractivity contribution is 7.90. The first-order chi connectivity index (χ1) is 7.29. The number of hydrogen-bond acceptors (Lipinski definition) is 4. The molecule has 3 N–H and O–H groups in total. The van der Waals surface area contributed by atoms with Crippen LogP contribution in [0.5, 0.6) is 0 Å². The Morgan fingerprint density at radius 1 is 1.44 bits per heavy atom. The molecule has 0 unspecified atom stereocenters. The fourth-order valence-electron chi connectivity index (χ4n) is 1.22. The van der Waals surface area contributed by atoms with Crippen LogP contribution in [0.4, 0.5) is 15.8 Å². The summed E-state index contributed by atoms with van der Waals surface area (Å²) < 4.78 is 34.9. The first kappa shape index (κ1) is 12.8. The standard InChI is InChI=1S/C10H15FN2O2S/c1-7-5-10(9(12)6-8(7)11)13-3-4-16(2,14)15/h5-6,13H,3-4,12H2,1-2H3. The predicted octanol–water partition coefficient (Wildman–Crippen LogP) is 1.17. The molecule has 0 saturated carbocycles. The van der Waals surface area contributed by atoms with Crippen LogP contribution < -0.4 is 11.1 Å². The summed E-state index contributed by atoms with van der Waals surface area (Å²) in [5, 5.41) is 2.87. The number of sulfone groups is 1. The van der Waals surface area contributed by atoms with Gasteiger partial charge in [0.25, 0.3) is 0 Å².